The Morgan fingerprint density at radius 2 is 1.79 bits per heavy atom. The van der Waals surface area contributed by atoms with Gasteiger partial charge in [-0.15, -0.1) is 0 Å². The molecule has 0 heterocycles. The Labute approximate surface area is 127 Å². The summed E-state index contributed by atoms with van der Waals surface area (Å²) in [5, 5.41) is 2.68. The number of rotatable bonds is 2. The molecule has 19 heavy (non-hydrogen) atoms. The largest absolute Gasteiger partial charge is 0.321 e. The lowest BCUT2D eigenvalue weighted by Gasteiger charge is -2.09. The number of carbonyl (C=O) groups is 1. The van der Waals surface area contributed by atoms with Crippen molar-refractivity contribution in [2.24, 2.45) is 0 Å². The quantitative estimate of drug-likeness (QED) is 0.780. The first-order valence-electron chi connectivity index (χ1n) is 5.50. The third-order valence-electron chi connectivity index (χ3n) is 2.54. The molecule has 0 saturated carbocycles. The fourth-order valence-corrected chi connectivity index (χ4v) is 2.37. The lowest BCUT2D eigenvalue weighted by atomic mass is 10.1. The van der Waals surface area contributed by atoms with Crippen LogP contribution >= 0.6 is 31.9 Å². The molecule has 0 saturated heterocycles. The van der Waals surface area contributed by atoms with E-state index in [0.717, 1.165) is 5.56 Å². The first-order chi connectivity index (χ1) is 8.97. The Morgan fingerprint density at radius 1 is 1.11 bits per heavy atom. The molecule has 2 rings (SSSR count). The average molecular weight is 387 g/mol. The van der Waals surface area contributed by atoms with Crippen molar-refractivity contribution in [2.75, 3.05) is 5.32 Å². The molecule has 0 aliphatic rings. The maximum Gasteiger partial charge on any atom is 0.256 e. The van der Waals surface area contributed by atoms with E-state index in [4.69, 9.17) is 0 Å². The molecule has 2 aromatic rings. The second-order valence-corrected chi connectivity index (χ2v) is 5.77. The molecule has 98 valence electrons. The number of carbonyl (C=O) groups excluding carboxylic acids is 1. The van der Waals surface area contributed by atoms with Crippen molar-refractivity contribution < 1.29 is 9.18 Å². The highest BCUT2D eigenvalue weighted by molar-refractivity contribution is 9.11. The molecule has 0 atom stereocenters. The molecule has 5 heteroatoms. The Kier molecular flexibility index (Phi) is 4.37. The van der Waals surface area contributed by atoms with Gasteiger partial charge in [0.25, 0.3) is 5.91 Å². The number of aryl methyl sites for hydroxylation is 1. The number of nitrogens with one attached hydrogen (secondary N) is 1. The van der Waals surface area contributed by atoms with E-state index in [1.807, 2.05) is 19.1 Å². The number of amides is 1. The Morgan fingerprint density at radius 3 is 2.53 bits per heavy atom. The molecule has 2 nitrogen and oxygen atoms in total. The van der Waals surface area contributed by atoms with Gasteiger partial charge < -0.3 is 5.32 Å². The van der Waals surface area contributed by atoms with Crippen LogP contribution in [0.4, 0.5) is 10.1 Å². The lowest BCUT2D eigenvalue weighted by Crippen LogP contribution is -2.13. The van der Waals surface area contributed by atoms with E-state index in [-0.39, 0.29) is 5.91 Å². The predicted octanol–water partition coefficient (Wildman–Crippen LogP) is 4.91. The predicted molar refractivity (Wildman–Crippen MR) is 80.9 cm³/mol. The Balaban J connectivity index is 2.30. The van der Waals surface area contributed by atoms with Crippen LogP contribution in [-0.2, 0) is 0 Å². The standard InChI is InChI=1S/C14H10Br2FNO/c1-8-2-4-11(15)10(6-8)14(19)18-13-7-9(17)3-5-12(13)16/h2-7H,1H3,(H,18,19). The minimum Gasteiger partial charge on any atom is -0.321 e. The van der Waals surface area contributed by atoms with Crippen molar-refractivity contribution >= 4 is 43.5 Å². The molecular formula is C14H10Br2FNO. The van der Waals surface area contributed by atoms with Crippen molar-refractivity contribution in [3.05, 3.63) is 62.3 Å². The summed E-state index contributed by atoms with van der Waals surface area (Å²) in [5.74, 6) is -0.691. The van der Waals surface area contributed by atoms with Gasteiger partial charge in [0.2, 0.25) is 0 Å². The molecule has 0 spiro atoms. The SMILES string of the molecule is Cc1ccc(Br)c(C(=O)Nc2cc(F)ccc2Br)c1. The molecule has 0 aromatic heterocycles. The summed E-state index contributed by atoms with van der Waals surface area (Å²) in [5.41, 5.74) is 1.89. The maximum atomic E-state index is 13.2. The van der Waals surface area contributed by atoms with Crippen molar-refractivity contribution in [3.8, 4) is 0 Å². The zero-order chi connectivity index (χ0) is 14.0. The average Bonchev–Trinajstić information content (AvgIpc) is 2.36. The molecular weight excluding hydrogens is 377 g/mol. The van der Waals surface area contributed by atoms with Gasteiger partial charge in [-0.1, -0.05) is 11.6 Å². The van der Waals surface area contributed by atoms with E-state index >= 15 is 0 Å². The van der Waals surface area contributed by atoms with Crippen LogP contribution in [-0.4, -0.2) is 5.91 Å². The second kappa shape index (κ2) is 5.84. The van der Waals surface area contributed by atoms with Gasteiger partial charge in [-0.25, -0.2) is 4.39 Å². The maximum absolute atomic E-state index is 13.2. The van der Waals surface area contributed by atoms with E-state index in [2.05, 4.69) is 37.2 Å². The van der Waals surface area contributed by atoms with E-state index in [1.165, 1.54) is 12.1 Å². The normalized spacial score (nSPS) is 10.3. The van der Waals surface area contributed by atoms with Gasteiger partial charge in [0.05, 0.1) is 11.3 Å². The van der Waals surface area contributed by atoms with E-state index in [9.17, 15) is 9.18 Å². The third kappa shape index (κ3) is 3.42. The highest BCUT2D eigenvalue weighted by Crippen LogP contribution is 2.25. The van der Waals surface area contributed by atoms with Gasteiger partial charge in [-0.05, 0) is 69.1 Å². The Bertz CT molecular complexity index is 643. The minimum atomic E-state index is -0.401. The molecule has 0 bridgehead atoms. The summed E-state index contributed by atoms with van der Waals surface area (Å²) in [6.07, 6.45) is 0. The minimum absolute atomic E-state index is 0.290. The van der Waals surface area contributed by atoms with Crippen LogP contribution < -0.4 is 5.32 Å². The number of anilines is 1. The molecule has 1 amide bonds. The van der Waals surface area contributed by atoms with E-state index < -0.39 is 5.82 Å². The first-order valence-corrected chi connectivity index (χ1v) is 7.08. The molecule has 0 aliphatic heterocycles. The topological polar surface area (TPSA) is 29.1 Å². The van der Waals surface area contributed by atoms with Crippen molar-refractivity contribution in [1.82, 2.24) is 0 Å². The fraction of sp³-hybridized carbons (Fsp3) is 0.0714. The lowest BCUT2D eigenvalue weighted by molar-refractivity contribution is 0.102. The monoisotopic (exact) mass is 385 g/mol. The first kappa shape index (κ1) is 14.2. The van der Waals surface area contributed by atoms with Gasteiger partial charge in [0.1, 0.15) is 5.82 Å². The molecule has 1 N–H and O–H groups in total. The molecule has 0 radical (unpaired) electrons. The second-order valence-electron chi connectivity index (χ2n) is 4.06. The van der Waals surface area contributed by atoms with Gasteiger partial charge >= 0.3 is 0 Å². The van der Waals surface area contributed by atoms with Crippen molar-refractivity contribution in [3.63, 3.8) is 0 Å². The van der Waals surface area contributed by atoms with Crippen LogP contribution in [0, 0.1) is 12.7 Å². The highest BCUT2D eigenvalue weighted by Gasteiger charge is 2.12. The number of halogens is 3. The number of benzene rings is 2. The molecule has 0 fully saturated rings. The molecule has 0 unspecified atom stereocenters. The summed E-state index contributed by atoms with van der Waals surface area (Å²) in [6.45, 7) is 1.90. The van der Waals surface area contributed by atoms with Crippen molar-refractivity contribution in [2.45, 2.75) is 6.92 Å². The number of hydrogen-bond donors (Lipinski definition) is 1. The van der Waals surface area contributed by atoms with Crippen LogP contribution in [0.3, 0.4) is 0 Å². The fourth-order valence-electron chi connectivity index (χ4n) is 1.60. The third-order valence-corrected chi connectivity index (χ3v) is 3.93. The van der Waals surface area contributed by atoms with Crippen LogP contribution in [0.5, 0.6) is 0 Å². The van der Waals surface area contributed by atoms with Gasteiger partial charge in [0, 0.05) is 8.95 Å². The molecule has 2 aromatic carbocycles. The summed E-state index contributed by atoms with van der Waals surface area (Å²) >= 11 is 6.60. The van der Waals surface area contributed by atoms with Crippen LogP contribution in [0.25, 0.3) is 0 Å². The summed E-state index contributed by atoms with van der Waals surface area (Å²) in [6, 6.07) is 9.63. The summed E-state index contributed by atoms with van der Waals surface area (Å²) in [4.78, 5) is 12.2. The molecule has 0 aliphatic carbocycles. The smallest absolute Gasteiger partial charge is 0.256 e. The van der Waals surface area contributed by atoms with E-state index in [1.54, 1.807) is 12.1 Å². The van der Waals surface area contributed by atoms with Gasteiger partial charge in [-0.3, -0.25) is 4.79 Å². The summed E-state index contributed by atoms with van der Waals surface area (Å²) in [7, 11) is 0. The van der Waals surface area contributed by atoms with E-state index in [0.29, 0.717) is 20.2 Å². The summed E-state index contributed by atoms with van der Waals surface area (Å²) < 4.78 is 14.5. The van der Waals surface area contributed by atoms with Gasteiger partial charge in [0.15, 0.2) is 0 Å². The van der Waals surface area contributed by atoms with Crippen LogP contribution in [0.15, 0.2) is 45.3 Å². The number of hydrogen-bond acceptors (Lipinski definition) is 1. The zero-order valence-electron chi connectivity index (χ0n) is 10.0. The van der Waals surface area contributed by atoms with Crippen LogP contribution in [0.2, 0.25) is 0 Å². The van der Waals surface area contributed by atoms with Crippen LogP contribution in [0.1, 0.15) is 15.9 Å². The zero-order valence-corrected chi connectivity index (χ0v) is 13.2. The van der Waals surface area contributed by atoms with Gasteiger partial charge in [-0.2, -0.15) is 0 Å². The Hall–Kier alpha value is -1.20. The highest BCUT2D eigenvalue weighted by atomic mass is 79.9. The van der Waals surface area contributed by atoms with Crippen molar-refractivity contribution in [1.29, 1.82) is 0 Å².